The molecule has 7 heteroatoms. The van der Waals surface area contributed by atoms with E-state index in [1.807, 2.05) is 6.92 Å². The van der Waals surface area contributed by atoms with Gasteiger partial charge in [0.2, 0.25) is 0 Å². The van der Waals surface area contributed by atoms with Gasteiger partial charge in [-0.2, -0.15) is 0 Å². The number of likely N-dealkylation sites (tertiary alicyclic amines) is 1. The Hall–Kier alpha value is -3.32. The summed E-state index contributed by atoms with van der Waals surface area (Å²) in [6, 6.07) is 12.6. The first-order valence-corrected chi connectivity index (χ1v) is 11.9. The second-order valence-corrected chi connectivity index (χ2v) is 8.34. The number of hydrogen-bond acceptors (Lipinski definition) is 6. The Bertz CT molecular complexity index is 1030. The predicted octanol–water partition coefficient (Wildman–Crippen LogP) is 4.33. The molecule has 0 spiro atoms. The molecule has 1 unspecified atom stereocenters. The fourth-order valence-electron chi connectivity index (χ4n) is 4.23. The van der Waals surface area contributed by atoms with E-state index in [0.29, 0.717) is 36.4 Å². The lowest BCUT2D eigenvalue weighted by atomic mass is 9.95. The molecule has 1 atom stereocenters. The molecule has 0 radical (unpaired) electrons. The third-order valence-corrected chi connectivity index (χ3v) is 6.10. The summed E-state index contributed by atoms with van der Waals surface area (Å²) in [4.78, 5) is 30.0. The minimum Gasteiger partial charge on any atom is -0.508 e. The minimum absolute atomic E-state index is 0.0474. The van der Waals surface area contributed by atoms with Crippen molar-refractivity contribution in [1.29, 1.82) is 0 Å². The Balaban J connectivity index is 2.01. The van der Waals surface area contributed by atoms with Gasteiger partial charge in [-0.15, -0.1) is 0 Å². The normalized spacial score (nSPS) is 17.5. The number of rotatable bonds is 11. The Kier molecular flexibility index (Phi) is 8.71. The van der Waals surface area contributed by atoms with Crippen LogP contribution in [-0.2, 0) is 9.59 Å². The fourth-order valence-corrected chi connectivity index (χ4v) is 4.23. The van der Waals surface area contributed by atoms with Crippen molar-refractivity contribution in [1.82, 2.24) is 9.80 Å². The van der Waals surface area contributed by atoms with Crippen molar-refractivity contribution in [2.75, 3.05) is 32.8 Å². The van der Waals surface area contributed by atoms with Gasteiger partial charge in [0.05, 0.1) is 18.2 Å². The molecule has 1 fully saturated rings. The number of Topliss-reactive ketones (excluding diaryl/α,β-unsaturated/α-hetero) is 1. The lowest BCUT2D eigenvalue weighted by Gasteiger charge is -2.26. The van der Waals surface area contributed by atoms with Gasteiger partial charge in [0.1, 0.15) is 17.3 Å². The number of carbonyl (C=O) groups excluding carboxylic acids is 2. The van der Waals surface area contributed by atoms with Gasteiger partial charge >= 0.3 is 0 Å². The van der Waals surface area contributed by atoms with Crippen LogP contribution >= 0.6 is 0 Å². The third-order valence-electron chi connectivity index (χ3n) is 6.10. The molecule has 1 heterocycles. The van der Waals surface area contributed by atoms with Crippen molar-refractivity contribution >= 4 is 17.4 Å². The van der Waals surface area contributed by atoms with E-state index in [0.717, 1.165) is 26.1 Å². The van der Waals surface area contributed by atoms with Gasteiger partial charge in [0.25, 0.3) is 11.7 Å². The smallest absolute Gasteiger partial charge is 0.295 e. The lowest BCUT2D eigenvalue weighted by molar-refractivity contribution is -0.140. The van der Waals surface area contributed by atoms with Gasteiger partial charge in [0.15, 0.2) is 0 Å². The summed E-state index contributed by atoms with van der Waals surface area (Å²) in [7, 11) is 0. The van der Waals surface area contributed by atoms with Crippen LogP contribution in [0.4, 0.5) is 0 Å². The van der Waals surface area contributed by atoms with Crippen LogP contribution in [0.25, 0.3) is 5.76 Å². The minimum atomic E-state index is -0.738. The van der Waals surface area contributed by atoms with Gasteiger partial charge < -0.3 is 24.7 Å². The molecule has 7 nitrogen and oxygen atoms in total. The van der Waals surface area contributed by atoms with E-state index >= 15 is 0 Å². The van der Waals surface area contributed by atoms with E-state index in [-0.39, 0.29) is 17.1 Å². The monoisotopic (exact) mass is 466 g/mol. The predicted molar refractivity (Wildman–Crippen MR) is 132 cm³/mol. The summed E-state index contributed by atoms with van der Waals surface area (Å²) >= 11 is 0. The molecule has 182 valence electrons. The molecule has 34 heavy (non-hydrogen) atoms. The summed E-state index contributed by atoms with van der Waals surface area (Å²) in [6.45, 7) is 9.71. The van der Waals surface area contributed by atoms with E-state index in [9.17, 15) is 19.8 Å². The number of aromatic hydroxyl groups is 1. The molecular weight excluding hydrogens is 432 g/mol. The standard InChI is InChI=1S/C27H34N2O5/c1-4-17-34-22-10-7-9-20(18-22)25(31)23-24(19-11-13-21(30)14-12-19)29(27(33)26(23)32)16-8-15-28(5-2)6-3/h7,9-14,18,24,30-31H,4-6,8,15-17H2,1-3H3. The zero-order valence-electron chi connectivity index (χ0n) is 20.2. The molecule has 2 N–H and O–H groups in total. The number of hydrogen-bond donors (Lipinski definition) is 2. The van der Waals surface area contributed by atoms with Crippen LogP contribution in [-0.4, -0.2) is 64.5 Å². The first kappa shape index (κ1) is 25.3. The number of nitrogens with zero attached hydrogens (tertiary/aromatic N) is 2. The summed E-state index contributed by atoms with van der Waals surface area (Å²) in [5, 5.41) is 21.0. The van der Waals surface area contributed by atoms with Crippen molar-refractivity contribution < 1.29 is 24.5 Å². The fraction of sp³-hybridized carbons (Fsp3) is 0.407. The average Bonchev–Trinajstić information content (AvgIpc) is 3.10. The van der Waals surface area contributed by atoms with Crippen molar-refractivity contribution in [3.05, 3.63) is 65.2 Å². The quantitative estimate of drug-likeness (QED) is 0.291. The Labute approximate surface area is 201 Å². The Morgan fingerprint density at radius 3 is 2.41 bits per heavy atom. The number of ether oxygens (including phenoxy) is 1. The number of ketones is 1. The Morgan fingerprint density at radius 2 is 1.76 bits per heavy atom. The van der Waals surface area contributed by atoms with Crippen LogP contribution in [0, 0.1) is 0 Å². The number of aliphatic hydroxyl groups is 1. The van der Waals surface area contributed by atoms with Gasteiger partial charge in [0, 0.05) is 12.1 Å². The van der Waals surface area contributed by atoms with E-state index in [1.54, 1.807) is 36.4 Å². The molecule has 1 aliphatic heterocycles. The molecular formula is C27H34N2O5. The number of amides is 1. The van der Waals surface area contributed by atoms with Gasteiger partial charge in [-0.25, -0.2) is 0 Å². The molecule has 2 aromatic rings. The van der Waals surface area contributed by atoms with Gasteiger partial charge in [-0.3, -0.25) is 9.59 Å². The van der Waals surface area contributed by atoms with Crippen molar-refractivity contribution in [2.24, 2.45) is 0 Å². The third kappa shape index (κ3) is 5.59. The van der Waals surface area contributed by atoms with Crippen LogP contribution in [0.1, 0.15) is 50.8 Å². The second-order valence-electron chi connectivity index (χ2n) is 8.34. The zero-order chi connectivity index (χ0) is 24.7. The maximum absolute atomic E-state index is 13.1. The van der Waals surface area contributed by atoms with Crippen LogP contribution in [0.3, 0.4) is 0 Å². The van der Waals surface area contributed by atoms with Crippen molar-refractivity contribution in [3.63, 3.8) is 0 Å². The van der Waals surface area contributed by atoms with E-state index in [1.165, 1.54) is 17.0 Å². The van der Waals surface area contributed by atoms with Crippen LogP contribution < -0.4 is 4.74 Å². The highest BCUT2D eigenvalue weighted by molar-refractivity contribution is 6.46. The van der Waals surface area contributed by atoms with Crippen LogP contribution in [0.5, 0.6) is 11.5 Å². The summed E-state index contributed by atoms with van der Waals surface area (Å²) in [6.07, 6.45) is 1.54. The number of carbonyl (C=O) groups is 2. The second kappa shape index (κ2) is 11.7. The highest BCUT2D eigenvalue weighted by Gasteiger charge is 2.45. The largest absolute Gasteiger partial charge is 0.508 e. The molecule has 3 rings (SSSR count). The number of aliphatic hydroxyl groups excluding tert-OH is 1. The molecule has 0 saturated carbocycles. The first-order valence-electron chi connectivity index (χ1n) is 11.9. The van der Waals surface area contributed by atoms with Crippen molar-refractivity contribution in [3.8, 4) is 11.5 Å². The molecule has 1 aliphatic rings. The van der Waals surface area contributed by atoms with E-state index < -0.39 is 17.7 Å². The van der Waals surface area contributed by atoms with Gasteiger partial charge in [-0.05, 0) is 62.3 Å². The number of benzene rings is 2. The summed E-state index contributed by atoms with van der Waals surface area (Å²) in [5.74, 6) is -0.899. The van der Waals surface area contributed by atoms with Crippen LogP contribution in [0.2, 0.25) is 0 Å². The van der Waals surface area contributed by atoms with E-state index in [2.05, 4.69) is 18.7 Å². The van der Waals surface area contributed by atoms with Gasteiger partial charge in [-0.1, -0.05) is 45.0 Å². The average molecular weight is 467 g/mol. The number of phenolic OH excluding ortho intramolecular Hbond substituents is 1. The Morgan fingerprint density at radius 1 is 1.06 bits per heavy atom. The molecule has 0 bridgehead atoms. The van der Waals surface area contributed by atoms with Crippen molar-refractivity contribution in [2.45, 2.75) is 39.7 Å². The molecule has 2 aromatic carbocycles. The SMILES string of the molecule is CCCOc1cccc(C(O)=C2C(=O)C(=O)N(CCCN(CC)CC)C2c2ccc(O)cc2)c1. The maximum Gasteiger partial charge on any atom is 0.295 e. The molecule has 1 saturated heterocycles. The van der Waals surface area contributed by atoms with E-state index in [4.69, 9.17) is 4.74 Å². The first-order chi connectivity index (χ1) is 16.4. The van der Waals surface area contributed by atoms with Crippen LogP contribution in [0.15, 0.2) is 54.1 Å². The molecule has 0 aromatic heterocycles. The lowest BCUT2D eigenvalue weighted by Crippen LogP contribution is -2.33. The highest BCUT2D eigenvalue weighted by Crippen LogP contribution is 2.40. The summed E-state index contributed by atoms with van der Waals surface area (Å²) < 4.78 is 5.67. The molecule has 0 aliphatic carbocycles. The summed E-state index contributed by atoms with van der Waals surface area (Å²) in [5.41, 5.74) is 1.12. The highest BCUT2D eigenvalue weighted by atomic mass is 16.5. The molecule has 1 amide bonds. The topological polar surface area (TPSA) is 90.3 Å². The maximum atomic E-state index is 13.1. The number of phenols is 1. The zero-order valence-corrected chi connectivity index (χ0v) is 20.2.